The summed E-state index contributed by atoms with van der Waals surface area (Å²) in [5.74, 6) is 0. The molecule has 2 rings (SSSR count). The van der Waals surface area contributed by atoms with E-state index in [2.05, 4.69) is 37.2 Å². The van der Waals surface area contributed by atoms with Crippen molar-refractivity contribution in [3.05, 3.63) is 23.8 Å². The number of nitrogens with zero attached hydrogens (tertiary/aromatic N) is 1. The number of hydrogen-bond acceptors (Lipinski definition) is 3. The summed E-state index contributed by atoms with van der Waals surface area (Å²) in [6, 6.07) is 6.05. The normalized spacial score (nSPS) is 18.3. The van der Waals surface area contributed by atoms with Crippen LogP contribution in [0.4, 0.5) is 11.4 Å². The zero-order valence-electron chi connectivity index (χ0n) is 9.54. The summed E-state index contributed by atoms with van der Waals surface area (Å²) in [6.45, 7) is 5.44. The number of aliphatic hydroxyl groups excluding tert-OH is 1. The fourth-order valence-corrected chi connectivity index (χ4v) is 2.20. The van der Waals surface area contributed by atoms with Crippen LogP contribution in [0.15, 0.2) is 18.2 Å². The van der Waals surface area contributed by atoms with E-state index in [-0.39, 0.29) is 12.1 Å². The molecule has 82 valence electrons. The van der Waals surface area contributed by atoms with Crippen molar-refractivity contribution in [1.82, 2.24) is 0 Å². The molecular weight excluding hydrogens is 188 g/mol. The van der Waals surface area contributed by atoms with Gasteiger partial charge in [0.15, 0.2) is 0 Å². The second-order valence-electron chi connectivity index (χ2n) is 4.87. The second kappa shape index (κ2) is 3.42. The number of hydrogen-bond donors (Lipinski definition) is 2. The first-order chi connectivity index (χ1) is 7.02. The number of rotatable bonds is 1. The third-order valence-corrected chi connectivity index (χ3v) is 2.76. The Morgan fingerprint density at radius 1 is 1.47 bits per heavy atom. The van der Waals surface area contributed by atoms with Gasteiger partial charge in [0.25, 0.3) is 0 Å². The van der Waals surface area contributed by atoms with E-state index < -0.39 is 0 Å². The largest absolute Gasteiger partial charge is 0.392 e. The molecule has 2 N–H and O–H groups in total. The van der Waals surface area contributed by atoms with Crippen LogP contribution in [0, 0.1) is 0 Å². The Bertz CT molecular complexity index is 374. The zero-order chi connectivity index (χ0) is 11.1. The number of benzene rings is 1. The van der Waals surface area contributed by atoms with Crippen molar-refractivity contribution in [1.29, 1.82) is 0 Å². The Morgan fingerprint density at radius 3 is 2.87 bits per heavy atom. The predicted molar refractivity (Wildman–Crippen MR) is 63.3 cm³/mol. The first-order valence-electron chi connectivity index (χ1n) is 5.25. The maximum Gasteiger partial charge on any atom is 0.0682 e. The summed E-state index contributed by atoms with van der Waals surface area (Å²) in [5.41, 5.74) is 3.34. The summed E-state index contributed by atoms with van der Waals surface area (Å²) in [7, 11) is 2.10. The molecule has 15 heavy (non-hydrogen) atoms. The average molecular weight is 206 g/mol. The Labute approximate surface area is 90.7 Å². The van der Waals surface area contributed by atoms with Gasteiger partial charge in [-0.1, -0.05) is 6.07 Å². The van der Waals surface area contributed by atoms with Crippen LogP contribution < -0.4 is 10.2 Å². The van der Waals surface area contributed by atoms with E-state index in [0.29, 0.717) is 0 Å². The van der Waals surface area contributed by atoms with Gasteiger partial charge in [-0.25, -0.2) is 0 Å². The van der Waals surface area contributed by atoms with Gasteiger partial charge in [0.2, 0.25) is 0 Å². The molecule has 0 amide bonds. The predicted octanol–water partition coefficient (Wildman–Crippen LogP) is 1.82. The zero-order valence-corrected chi connectivity index (χ0v) is 9.54. The Morgan fingerprint density at radius 2 is 2.20 bits per heavy atom. The van der Waals surface area contributed by atoms with Crippen LogP contribution in [0.5, 0.6) is 0 Å². The highest BCUT2D eigenvalue weighted by molar-refractivity contribution is 5.74. The molecule has 1 heterocycles. The molecule has 1 aromatic rings. The minimum atomic E-state index is 0.0792. The smallest absolute Gasteiger partial charge is 0.0682 e. The fourth-order valence-electron chi connectivity index (χ4n) is 2.20. The van der Waals surface area contributed by atoms with Crippen molar-refractivity contribution >= 4 is 11.4 Å². The number of aliphatic hydroxyl groups is 1. The molecule has 1 aromatic carbocycles. The quantitative estimate of drug-likeness (QED) is 0.735. The van der Waals surface area contributed by atoms with Crippen molar-refractivity contribution in [3.8, 4) is 0 Å². The van der Waals surface area contributed by atoms with Gasteiger partial charge in [-0.2, -0.15) is 0 Å². The third-order valence-electron chi connectivity index (χ3n) is 2.76. The second-order valence-corrected chi connectivity index (χ2v) is 4.87. The van der Waals surface area contributed by atoms with Crippen molar-refractivity contribution in [2.24, 2.45) is 0 Å². The van der Waals surface area contributed by atoms with E-state index in [1.165, 1.54) is 5.69 Å². The topological polar surface area (TPSA) is 35.5 Å². The SMILES string of the molecule is CN1CC(C)(C)Nc2cc(CO)ccc21. The molecule has 0 aliphatic carbocycles. The highest BCUT2D eigenvalue weighted by Crippen LogP contribution is 2.34. The number of likely N-dealkylation sites (N-methyl/N-ethyl adjacent to an activating group) is 1. The highest BCUT2D eigenvalue weighted by Gasteiger charge is 2.27. The van der Waals surface area contributed by atoms with Crippen molar-refractivity contribution in [3.63, 3.8) is 0 Å². The van der Waals surface area contributed by atoms with Crippen LogP contribution in [0.25, 0.3) is 0 Å². The molecule has 3 nitrogen and oxygen atoms in total. The van der Waals surface area contributed by atoms with Crippen LogP contribution >= 0.6 is 0 Å². The van der Waals surface area contributed by atoms with Crippen molar-refractivity contribution in [2.75, 3.05) is 23.8 Å². The highest BCUT2D eigenvalue weighted by atomic mass is 16.3. The van der Waals surface area contributed by atoms with Gasteiger partial charge in [-0.05, 0) is 31.5 Å². The lowest BCUT2D eigenvalue weighted by molar-refractivity contribution is 0.282. The summed E-state index contributed by atoms with van der Waals surface area (Å²) < 4.78 is 0. The van der Waals surface area contributed by atoms with E-state index in [1.807, 2.05) is 12.1 Å². The molecule has 0 saturated carbocycles. The molecule has 1 aliphatic rings. The van der Waals surface area contributed by atoms with Gasteiger partial charge in [-0.3, -0.25) is 0 Å². The molecule has 1 aliphatic heterocycles. The molecule has 0 radical (unpaired) electrons. The first kappa shape index (κ1) is 10.3. The first-order valence-corrected chi connectivity index (χ1v) is 5.25. The van der Waals surface area contributed by atoms with E-state index in [0.717, 1.165) is 17.8 Å². The number of fused-ring (bicyclic) bond motifs is 1. The van der Waals surface area contributed by atoms with Gasteiger partial charge in [0, 0.05) is 19.1 Å². The summed E-state index contributed by atoms with van der Waals surface area (Å²) in [4.78, 5) is 2.24. The summed E-state index contributed by atoms with van der Waals surface area (Å²) in [5, 5.41) is 12.6. The van der Waals surface area contributed by atoms with Crippen molar-refractivity contribution in [2.45, 2.75) is 26.0 Å². The van der Waals surface area contributed by atoms with Gasteiger partial charge in [0.1, 0.15) is 0 Å². The van der Waals surface area contributed by atoms with Gasteiger partial charge in [-0.15, -0.1) is 0 Å². The number of nitrogens with one attached hydrogen (secondary N) is 1. The van der Waals surface area contributed by atoms with Crippen LogP contribution in [0.2, 0.25) is 0 Å². The molecule has 3 heteroatoms. The molecular formula is C12H18N2O. The summed E-state index contributed by atoms with van der Waals surface area (Å²) >= 11 is 0. The molecule has 0 unspecified atom stereocenters. The van der Waals surface area contributed by atoms with Gasteiger partial charge >= 0.3 is 0 Å². The molecule has 0 bridgehead atoms. The standard InChI is InChI=1S/C12H18N2O/c1-12(2)8-14(3)11-5-4-9(7-15)6-10(11)13-12/h4-6,13,15H,7-8H2,1-3H3. The minimum absolute atomic E-state index is 0.0792. The Balaban J connectivity index is 2.42. The van der Waals surface area contributed by atoms with Crippen LogP contribution in [-0.2, 0) is 6.61 Å². The van der Waals surface area contributed by atoms with Gasteiger partial charge < -0.3 is 15.3 Å². The number of anilines is 2. The van der Waals surface area contributed by atoms with E-state index in [9.17, 15) is 0 Å². The van der Waals surface area contributed by atoms with Crippen LogP contribution in [-0.4, -0.2) is 24.2 Å². The lowest BCUT2D eigenvalue weighted by Gasteiger charge is -2.40. The van der Waals surface area contributed by atoms with Crippen molar-refractivity contribution < 1.29 is 5.11 Å². The maximum atomic E-state index is 9.09. The van der Waals surface area contributed by atoms with E-state index in [1.54, 1.807) is 0 Å². The average Bonchev–Trinajstić information content (AvgIpc) is 2.14. The molecule has 0 atom stereocenters. The minimum Gasteiger partial charge on any atom is -0.392 e. The fraction of sp³-hybridized carbons (Fsp3) is 0.500. The van der Waals surface area contributed by atoms with Gasteiger partial charge in [0.05, 0.1) is 18.0 Å². The lowest BCUT2D eigenvalue weighted by atomic mass is 9.99. The molecule has 0 spiro atoms. The Kier molecular flexibility index (Phi) is 2.35. The maximum absolute atomic E-state index is 9.09. The van der Waals surface area contributed by atoms with E-state index >= 15 is 0 Å². The molecule has 0 aromatic heterocycles. The molecule has 0 fully saturated rings. The summed E-state index contributed by atoms with van der Waals surface area (Å²) in [6.07, 6.45) is 0. The molecule has 0 saturated heterocycles. The van der Waals surface area contributed by atoms with Crippen LogP contribution in [0.1, 0.15) is 19.4 Å². The monoisotopic (exact) mass is 206 g/mol. The van der Waals surface area contributed by atoms with Crippen LogP contribution in [0.3, 0.4) is 0 Å². The third kappa shape index (κ3) is 1.92. The lowest BCUT2D eigenvalue weighted by Crippen LogP contribution is -2.46. The van der Waals surface area contributed by atoms with E-state index in [4.69, 9.17) is 5.11 Å². The Hall–Kier alpha value is -1.22.